The van der Waals surface area contributed by atoms with Crippen molar-refractivity contribution in [2.75, 3.05) is 0 Å². The summed E-state index contributed by atoms with van der Waals surface area (Å²) in [7, 11) is -9.48. The first-order valence-corrected chi connectivity index (χ1v) is 38.8. The number of hydrogen-bond donors (Lipinski definition) is 0. The van der Waals surface area contributed by atoms with E-state index in [0.717, 1.165) is 0 Å². The molecule has 6 heteroatoms. The van der Waals surface area contributed by atoms with Gasteiger partial charge in [0, 0.05) is 0 Å². The van der Waals surface area contributed by atoms with Gasteiger partial charge in [-0.05, 0) is 38.5 Å². The van der Waals surface area contributed by atoms with Crippen LogP contribution in [0.4, 0.5) is 0 Å². The van der Waals surface area contributed by atoms with Gasteiger partial charge in [0.1, 0.15) is 0 Å². The molecule has 2 aromatic rings. The number of fused-ring (bicyclic) bond motifs is 18. The largest absolute Gasteiger partial charge is 0.0888 e. The van der Waals surface area contributed by atoms with Gasteiger partial charge in [-0.15, -0.1) is 0 Å². The van der Waals surface area contributed by atoms with E-state index >= 15 is 0 Å². The van der Waals surface area contributed by atoms with Gasteiger partial charge in [0.25, 0.3) is 0 Å². The normalized spacial score (nSPS) is 25.3. The van der Waals surface area contributed by atoms with E-state index in [1.807, 2.05) is 0 Å². The van der Waals surface area contributed by atoms with Gasteiger partial charge in [-0.1, -0.05) is 219 Å². The van der Waals surface area contributed by atoms with E-state index in [4.69, 9.17) is 0 Å². The molecule has 0 saturated carbocycles. The van der Waals surface area contributed by atoms with Crippen LogP contribution in [-0.2, 0) is 0 Å². The minimum absolute atomic E-state index is 1.23. The predicted molar refractivity (Wildman–Crippen MR) is 240 cm³/mol. The summed E-state index contributed by atoms with van der Waals surface area (Å²) in [6.07, 6.45) is 22.8. The third-order valence-electron chi connectivity index (χ3n) is 12.7. The first kappa shape index (κ1) is 39.7. The smallest absolute Gasteiger partial charge is 0.0809 e. The van der Waals surface area contributed by atoms with Crippen molar-refractivity contribution in [2.24, 2.45) is 0 Å². The molecule has 0 unspecified atom stereocenters. The van der Waals surface area contributed by atoms with E-state index < -0.39 is 48.4 Å². The van der Waals surface area contributed by atoms with Crippen LogP contribution < -0.4 is 31.1 Å². The standard InChI is InChI=1S/C42H72Si6/c1-43(2)25-19-13-14-20-28-46(7,8)40-34-41-36-42(35-40)48(11,12)30-24-18-16-22-27-45(5,6)39-32-37(43)31-38(33-39)44(3,4)26-21-15-17-23-29-47(41,9)10/h13-18,31-36H,19-30H2,1-12H3/b14-13-,17-15-,18-16?. The van der Waals surface area contributed by atoms with E-state index in [0.29, 0.717) is 0 Å². The van der Waals surface area contributed by atoms with Gasteiger partial charge >= 0.3 is 0 Å². The van der Waals surface area contributed by atoms with Gasteiger partial charge in [-0.25, -0.2) is 0 Å². The Morgan fingerprint density at radius 2 is 0.375 bits per heavy atom. The SMILES string of the molecule is C[Si]1(C)CCC=CCC[Si](C)(C)c2cc3cc(c2)[Si](C)(C)CC/C=C\CC[Si](C)(C)c2cc1cc(c2)[Si](C)(C)CC/C=C\CC[Si]3(C)C. The fraction of sp³-hybridized carbons (Fsp3) is 0.571. The van der Waals surface area contributed by atoms with Crippen molar-refractivity contribution in [2.45, 2.75) is 153 Å². The van der Waals surface area contributed by atoms with Crippen molar-refractivity contribution in [1.82, 2.24) is 0 Å². The second kappa shape index (κ2) is 15.7. The predicted octanol–water partition coefficient (Wildman–Crippen LogP) is 9.92. The zero-order valence-electron chi connectivity index (χ0n) is 33.4. The average molecular weight is 746 g/mol. The molecule has 0 aromatic heterocycles. The number of hydrogen-bond acceptors (Lipinski definition) is 0. The van der Waals surface area contributed by atoms with Crippen LogP contribution >= 0.6 is 0 Å². The van der Waals surface area contributed by atoms with Crippen LogP contribution in [0.2, 0.25) is 115 Å². The quantitative estimate of drug-likeness (QED) is 0.186. The van der Waals surface area contributed by atoms with Crippen LogP contribution in [0, 0.1) is 0 Å². The molecule has 0 N–H and O–H groups in total. The highest BCUT2D eigenvalue weighted by molar-refractivity contribution is 6.96. The highest BCUT2D eigenvalue weighted by atomic mass is 28.3. The van der Waals surface area contributed by atoms with E-state index in [9.17, 15) is 0 Å². The third kappa shape index (κ3) is 10.3. The summed E-state index contributed by atoms with van der Waals surface area (Å²) in [5.74, 6) is 0. The summed E-state index contributed by atoms with van der Waals surface area (Å²) in [6.45, 7) is 31.9. The van der Waals surface area contributed by atoms with Crippen molar-refractivity contribution in [3.8, 4) is 0 Å². The number of allylic oxidation sites excluding steroid dienone is 6. The van der Waals surface area contributed by atoms with Gasteiger partial charge in [0.2, 0.25) is 0 Å². The van der Waals surface area contributed by atoms with Crippen molar-refractivity contribution in [3.05, 3.63) is 72.9 Å². The third-order valence-corrected chi connectivity index (χ3v) is 33.0. The van der Waals surface area contributed by atoms with Crippen LogP contribution in [0.1, 0.15) is 38.5 Å². The fourth-order valence-corrected chi connectivity index (χ4v) is 22.3. The molecule has 48 heavy (non-hydrogen) atoms. The Hall–Kier alpha value is -1.04. The average Bonchev–Trinajstić information content (AvgIpc) is 3.01. The Balaban J connectivity index is 1.87. The summed E-state index contributed by atoms with van der Waals surface area (Å²) in [6, 6.07) is 24.5. The van der Waals surface area contributed by atoms with Crippen molar-refractivity contribution >= 4 is 79.6 Å². The van der Waals surface area contributed by atoms with Crippen molar-refractivity contribution in [1.29, 1.82) is 0 Å². The van der Waals surface area contributed by atoms with E-state index in [1.165, 1.54) is 74.8 Å². The molecule has 0 aliphatic carbocycles. The molecular weight excluding hydrogens is 673 g/mol. The molecule has 0 saturated heterocycles. The maximum atomic E-state index is 2.74. The molecule has 5 rings (SSSR count). The molecule has 0 nitrogen and oxygen atoms in total. The molecule has 0 amide bonds. The Morgan fingerprint density at radius 1 is 0.250 bits per heavy atom. The van der Waals surface area contributed by atoms with Crippen LogP contribution in [-0.4, -0.2) is 48.4 Å². The monoisotopic (exact) mass is 744 g/mol. The first-order chi connectivity index (χ1) is 22.3. The Bertz CT molecular complexity index is 1180. The van der Waals surface area contributed by atoms with Crippen molar-refractivity contribution in [3.63, 3.8) is 0 Å². The lowest BCUT2D eigenvalue weighted by atomic mass is 10.3. The van der Waals surface area contributed by atoms with Crippen LogP contribution in [0.3, 0.4) is 0 Å². The Labute approximate surface area is 304 Å². The zero-order chi connectivity index (χ0) is 35.4. The molecule has 0 radical (unpaired) electrons. The van der Waals surface area contributed by atoms with Gasteiger partial charge in [0.05, 0.1) is 48.4 Å². The minimum Gasteiger partial charge on any atom is -0.0888 e. The first-order valence-electron chi connectivity index (χ1n) is 19.5. The zero-order valence-corrected chi connectivity index (χ0v) is 39.4. The molecule has 0 spiro atoms. The fourth-order valence-electron chi connectivity index (χ4n) is 7.84. The molecule has 3 aliphatic rings. The second-order valence-corrected chi connectivity index (χ2v) is 48.6. The summed E-state index contributed by atoms with van der Waals surface area (Å²) in [5.41, 5.74) is 0. The summed E-state index contributed by atoms with van der Waals surface area (Å²) >= 11 is 0. The molecule has 6 bridgehead atoms. The van der Waals surface area contributed by atoms with Crippen molar-refractivity contribution < 1.29 is 0 Å². The number of rotatable bonds is 0. The Kier molecular flexibility index (Phi) is 13.0. The Morgan fingerprint density at radius 3 is 0.500 bits per heavy atom. The van der Waals surface area contributed by atoms with Crippen LogP contribution in [0.15, 0.2) is 72.9 Å². The minimum atomic E-state index is -1.58. The highest BCUT2D eigenvalue weighted by Gasteiger charge is 2.34. The van der Waals surface area contributed by atoms with E-state index in [1.54, 1.807) is 31.1 Å². The van der Waals surface area contributed by atoms with Crippen LogP contribution in [0.25, 0.3) is 0 Å². The molecule has 0 atom stereocenters. The topological polar surface area (TPSA) is 0 Å². The summed E-state index contributed by atoms with van der Waals surface area (Å²) < 4.78 is 0. The maximum absolute atomic E-state index is 2.74. The second-order valence-electron chi connectivity index (χ2n) is 19.5. The molecule has 2 aromatic carbocycles. The van der Waals surface area contributed by atoms with E-state index in [2.05, 4.69) is 151 Å². The highest BCUT2D eigenvalue weighted by Crippen LogP contribution is 2.23. The molecular formula is C42H72Si6. The van der Waals surface area contributed by atoms with Gasteiger partial charge < -0.3 is 0 Å². The van der Waals surface area contributed by atoms with Gasteiger partial charge in [-0.3, -0.25) is 0 Å². The van der Waals surface area contributed by atoms with Gasteiger partial charge in [-0.2, -0.15) is 0 Å². The molecule has 0 fully saturated rings. The lowest BCUT2D eigenvalue weighted by molar-refractivity contribution is 1.11. The lowest BCUT2D eigenvalue weighted by Gasteiger charge is -2.32. The molecule has 264 valence electrons. The van der Waals surface area contributed by atoms with Gasteiger partial charge in [0.15, 0.2) is 0 Å². The summed E-state index contributed by atoms with van der Waals surface area (Å²) in [5, 5.41) is 10.4. The molecule has 3 heterocycles. The molecule has 3 aliphatic heterocycles. The lowest BCUT2D eigenvalue weighted by Crippen LogP contribution is -2.54. The summed E-state index contributed by atoms with van der Waals surface area (Å²) in [4.78, 5) is 0. The van der Waals surface area contributed by atoms with E-state index in [-0.39, 0.29) is 0 Å². The number of benzene rings is 2. The van der Waals surface area contributed by atoms with Crippen LogP contribution in [0.5, 0.6) is 0 Å². The maximum Gasteiger partial charge on any atom is 0.0809 e.